The molecule has 0 N–H and O–H groups in total. The van der Waals surface area contributed by atoms with Crippen molar-refractivity contribution in [2.45, 2.75) is 19.9 Å². The number of aliphatic imine (C=N–C) groups is 1. The molecule has 0 amide bonds. The SMILES string of the molecule is CC(C)[C@H]1COC(c2cccc(C=O)c2)=N1. The highest BCUT2D eigenvalue weighted by molar-refractivity contribution is 5.96. The van der Waals surface area contributed by atoms with Crippen molar-refractivity contribution in [3.63, 3.8) is 0 Å². The van der Waals surface area contributed by atoms with Crippen LogP contribution in [-0.4, -0.2) is 24.8 Å². The highest BCUT2D eigenvalue weighted by Gasteiger charge is 2.22. The van der Waals surface area contributed by atoms with Gasteiger partial charge in [0.2, 0.25) is 5.90 Å². The first-order chi connectivity index (χ1) is 7.70. The van der Waals surface area contributed by atoms with Gasteiger partial charge in [-0.25, -0.2) is 4.99 Å². The predicted octanol–water partition coefficient (Wildman–Crippen LogP) is 2.30. The van der Waals surface area contributed by atoms with Gasteiger partial charge in [-0.15, -0.1) is 0 Å². The number of nitrogens with zero attached hydrogens (tertiary/aromatic N) is 1. The van der Waals surface area contributed by atoms with E-state index in [2.05, 4.69) is 18.8 Å². The normalized spacial score (nSPS) is 19.4. The molecule has 0 spiro atoms. The summed E-state index contributed by atoms with van der Waals surface area (Å²) in [6.07, 6.45) is 0.832. The number of carbonyl (C=O) groups excluding carboxylic acids is 1. The van der Waals surface area contributed by atoms with Crippen molar-refractivity contribution >= 4 is 12.2 Å². The molecule has 0 fully saturated rings. The van der Waals surface area contributed by atoms with Crippen molar-refractivity contribution in [2.75, 3.05) is 6.61 Å². The van der Waals surface area contributed by atoms with Gasteiger partial charge >= 0.3 is 0 Å². The number of carbonyl (C=O) groups is 1. The monoisotopic (exact) mass is 217 g/mol. The summed E-state index contributed by atoms with van der Waals surface area (Å²) >= 11 is 0. The molecule has 84 valence electrons. The van der Waals surface area contributed by atoms with Crippen molar-refractivity contribution in [3.05, 3.63) is 35.4 Å². The summed E-state index contributed by atoms with van der Waals surface area (Å²) in [7, 11) is 0. The molecule has 1 aromatic carbocycles. The molecule has 0 saturated carbocycles. The molecule has 0 aromatic heterocycles. The second-order valence-electron chi connectivity index (χ2n) is 4.30. The van der Waals surface area contributed by atoms with Crippen LogP contribution >= 0.6 is 0 Å². The van der Waals surface area contributed by atoms with Gasteiger partial charge < -0.3 is 4.74 Å². The lowest BCUT2D eigenvalue weighted by molar-refractivity contribution is 0.112. The number of benzene rings is 1. The minimum atomic E-state index is 0.231. The van der Waals surface area contributed by atoms with Crippen LogP contribution in [0.15, 0.2) is 29.3 Å². The van der Waals surface area contributed by atoms with Gasteiger partial charge in [0.05, 0.1) is 6.04 Å². The highest BCUT2D eigenvalue weighted by atomic mass is 16.5. The maximum atomic E-state index is 10.7. The molecule has 1 aliphatic rings. The van der Waals surface area contributed by atoms with Crippen LogP contribution in [0.2, 0.25) is 0 Å². The average molecular weight is 217 g/mol. The maximum Gasteiger partial charge on any atom is 0.216 e. The second-order valence-corrected chi connectivity index (χ2v) is 4.30. The fourth-order valence-electron chi connectivity index (χ4n) is 1.63. The maximum absolute atomic E-state index is 10.7. The molecule has 0 aliphatic carbocycles. The van der Waals surface area contributed by atoms with Crippen LogP contribution in [0.4, 0.5) is 0 Å². The van der Waals surface area contributed by atoms with E-state index in [9.17, 15) is 4.79 Å². The largest absolute Gasteiger partial charge is 0.475 e. The van der Waals surface area contributed by atoms with Gasteiger partial charge in [0, 0.05) is 11.1 Å². The van der Waals surface area contributed by atoms with Gasteiger partial charge in [0.15, 0.2) is 0 Å². The van der Waals surface area contributed by atoms with E-state index in [1.165, 1.54) is 0 Å². The van der Waals surface area contributed by atoms with Gasteiger partial charge in [-0.05, 0) is 18.1 Å². The lowest BCUT2D eigenvalue weighted by atomic mass is 10.1. The summed E-state index contributed by atoms with van der Waals surface area (Å²) in [5.74, 6) is 1.13. The number of aldehydes is 1. The van der Waals surface area contributed by atoms with Crippen LogP contribution < -0.4 is 0 Å². The van der Waals surface area contributed by atoms with Crippen LogP contribution in [0.5, 0.6) is 0 Å². The van der Waals surface area contributed by atoms with Gasteiger partial charge in [0.25, 0.3) is 0 Å². The Morgan fingerprint density at radius 2 is 2.31 bits per heavy atom. The first-order valence-corrected chi connectivity index (χ1v) is 5.47. The third kappa shape index (κ3) is 2.13. The Bertz CT molecular complexity index is 424. The molecule has 0 bridgehead atoms. The first kappa shape index (κ1) is 10.9. The Hall–Kier alpha value is -1.64. The van der Waals surface area contributed by atoms with Crippen LogP contribution in [-0.2, 0) is 4.74 Å². The van der Waals surface area contributed by atoms with Crippen molar-refractivity contribution < 1.29 is 9.53 Å². The number of hydrogen-bond donors (Lipinski definition) is 0. The van der Waals surface area contributed by atoms with E-state index in [0.29, 0.717) is 24.0 Å². The fraction of sp³-hybridized carbons (Fsp3) is 0.385. The van der Waals surface area contributed by atoms with E-state index >= 15 is 0 Å². The first-order valence-electron chi connectivity index (χ1n) is 5.47. The van der Waals surface area contributed by atoms with E-state index in [-0.39, 0.29) is 6.04 Å². The zero-order chi connectivity index (χ0) is 11.5. The summed E-state index contributed by atoms with van der Waals surface area (Å²) in [5, 5.41) is 0. The van der Waals surface area contributed by atoms with E-state index in [1.54, 1.807) is 12.1 Å². The predicted molar refractivity (Wildman–Crippen MR) is 62.9 cm³/mol. The third-order valence-corrected chi connectivity index (χ3v) is 2.71. The number of hydrogen-bond acceptors (Lipinski definition) is 3. The van der Waals surface area contributed by atoms with E-state index < -0.39 is 0 Å². The molecule has 3 nitrogen and oxygen atoms in total. The minimum absolute atomic E-state index is 0.231. The summed E-state index contributed by atoms with van der Waals surface area (Å²) in [6.45, 7) is 4.89. The molecule has 1 heterocycles. The zero-order valence-electron chi connectivity index (χ0n) is 9.51. The lowest BCUT2D eigenvalue weighted by Gasteiger charge is -2.06. The van der Waals surface area contributed by atoms with Crippen LogP contribution in [0, 0.1) is 5.92 Å². The highest BCUT2D eigenvalue weighted by Crippen LogP contribution is 2.17. The van der Waals surface area contributed by atoms with E-state index in [4.69, 9.17) is 4.74 Å². The Labute approximate surface area is 95.2 Å². The minimum Gasteiger partial charge on any atom is -0.475 e. The lowest BCUT2D eigenvalue weighted by Crippen LogP contribution is -2.13. The molecule has 1 aromatic rings. The quantitative estimate of drug-likeness (QED) is 0.729. The Balaban J connectivity index is 2.25. The van der Waals surface area contributed by atoms with Crippen LogP contribution in [0.25, 0.3) is 0 Å². The van der Waals surface area contributed by atoms with Crippen molar-refractivity contribution in [2.24, 2.45) is 10.9 Å². The van der Waals surface area contributed by atoms with Crippen LogP contribution in [0.3, 0.4) is 0 Å². The Morgan fingerprint density at radius 3 is 2.94 bits per heavy atom. The van der Waals surface area contributed by atoms with Gasteiger partial charge in [-0.2, -0.15) is 0 Å². The summed E-state index contributed by atoms with van der Waals surface area (Å²) in [5.41, 5.74) is 1.53. The number of ether oxygens (including phenoxy) is 1. The molecule has 1 aliphatic heterocycles. The standard InChI is InChI=1S/C13H15NO2/c1-9(2)12-8-16-13(14-12)11-5-3-4-10(6-11)7-15/h3-7,9,12H,8H2,1-2H3/t12-/m1/s1. The fourth-order valence-corrected chi connectivity index (χ4v) is 1.63. The summed E-state index contributed by atoms with van der Waals surface area (Å²) in [4.78, 5) is 15.2. The molecule has 3 heteroatoms. The zero-order valence-corrected chi connectivity index (χ0v) is 9.51. The van der Waals surface area contributed by atoms with Gasteiger partial charge in [0.1, 0.15) is 12.9 Å². The van der Waals surface area contributed by atoms with Gasteiger partial charge in [-0.1, -0.05) is 26.0 Å². The molecule has 0 saturated heterocycles. The summed E-state index contributed by atoms with van der Waals surface area (Å²) < 4.78 is 5.55. The van der Waals surface area contributed by atoms with E-state index in [0.717, 1.165) is 11.8 Å². The molecular weight excluding hydrogens is 202 g/mol. The molecule has 1 atom stereocenters. The van der Waals surface area contributed by atoms with Crippen molar-refractivity contribution in [1.29, 1.82) is 0 Å². The van der Waals surface area contributed by atoms with Crippen LogP contribution in [0.1, 0.15) is 29.8 Å². The molecule has 2 rings (SSSR count). The topological polar surface area (TPSA) is 38.7 Å². The second kappa shape index (κ2) is 4.47. The summed E-state index contributed by atoms with van der Waals surface area (Å²) in [6, 6.07) is 7.55. The van der Waals surface area contributed by atoms with Crippen molar-refractivity contribution in [1.82, 2.24) is 0 Å². The van der Waals surface area contributed by atoms with E-state index in [1.807, 2.05) is 12.1 Å². The number of rotatable bonds is 3. The molecule has 0 radical (unpaired) electrons. The Kier molecular flexibility index (Phi) is 3.04. The molecule has 16 heavy (non-hydrogen) atoms. The Morgan fingerprint density at radius 1 is 1.50 bits per heavy atom. The smallest absolute Gasteiger partial charge is 0.216 e. The molecule has 0 unspecified atom stereocenters. The molecular formula is C13H15NO2. The third-order valence-electron chi connectivity index (χ3n) is 2.71. The van der Waals surface area contributed by atoms with Crippen molar-refractivity contribution in [3.8, 4) is 0 Å². The van der Waals surface area contributed by atoms with Gasteiger partial charge in [-0.3, -0.25) is 4.79 Å². The average Bonchev–Trinajstić information content (AvgIpc) is 2.78.